The van der Waals surface area contributed by atoms with Gasteiger partial charge in [-0.3, -0.25) is 14.4 Å². The van der Waals surface area contributed by atoms with Gasteiger partial charge in [-0.05, 0) is 89.3 Å². The van der Waals surface area contributed by atoms with Crippen LogP contribution < -0.4 is 16.0 Å². The highest BCUT2D eigenvalue weighted by Crippen LogP contribution is 2.37. The molecule has 1 unspecified atom stereocenters. The van der Waals surface area contributed by atoms with Gasteiger partial charge in [-0.2, -0.15) is 0 Å². The Morgan fingerprint density at radius 1 is 0.681 bits per heavy atom. The molecule has 5 aromatic carbocycles. The Kier molecular flexibility index (Phi) is 11.3. The SMILES string of the molecule is CC(C)c1ccc(NC(=O)C(Sc2ccc(NC(=O)/C(=C/c3cccc(Cl)c3)NC(=O)c3ccccc3)cc2)c2ccccc2)cc1. The first-order valence-electron chi connectivity index (χ1n) is 15.1. The first-order valence-corrected chi connectivity index (χ1v) is 16.4. The number of nitrogens with one attached hydrogen (secondary N) is 3. The van der Waals surface area contributed by atoms with Crippen LogP contribution in [0, 0.1) is 0 Å². The van der Waals surface area contributed by atoms with Gasteiger partial charge in [0.25, 0.3) is 11.8 Å². The number of thioether (sulfide) groups is 1. The van der Waals surface area contributed by atoms with Crippen LogP contribution in [0.15, 0.2) is 144 Å². The third-order valence-corrected chi connectivity index (χ3v) is 8.74. The molecule has 6 nitrogen and oxygen atoms in total. The summed E-state index contributed by atoms with van der Waals surface area (Å²) in [5.41, 5.74) is 4.47. The van der Waals surface area contributed by atoms with E-state index in [1.807, 2.05) is 72.8 Å². The van der Waals surface area contributed by atoms with E-state index in [0.29, 0.717) is 27.8 Å². The molecule has 0 bridgehead atoms. The van der Waals surface area contributed by atoms with Crippen molar-refractivity contribution >= 4 is 58.5 Å². The molecule has 0 saturated carbocycles. The molecule has 0 saturated heterocycles. The van der Waals surface area contributed by atoms with Crippen LogP contribution in [-0.2, 0) is 9.59 Å². The summed E-state index contributed by atoms with van der Waals surface area (Å²) < 4.78 is 0. The van der Waals surface area contributed by atoms with Gasteiger partial charge >= 0.3 is 0 Å². The van der Waals surface area contributed by atoms with Crippen LogP contribution in [0.1, 0.15) is 52.1 Å². The molecule has 0 radical (unpaired) electrons. The Labute approximate surface area is 284 Å². The normalized spacial score (nSPS) is 11.9. The maximum absolute atomic E-state index is 13.5. The van der Waals surface area contributed by atoms with Crippen molar-refractivity contribution in [1.29, 1.82) is 0 Å². The Morgan fingerprint density at radius 2 is 1.30 bits per heavy atom. The zero-order chi connectivity index (χ0) is 33.2. The van der Waals surface area contributed by atoms with E-state index in [0.717, 1.165) is 16.1 Å². The van der Waals surface area contributed by atoms with Crippen molar-refractivity contribution in [1.82, 2.24) is 5.32 Å². The van der Waals surface area contributed by atoms with Crippen LogP contribution in [0.25, 0.3) is 6.08 Å². The number of amides is 3. The summed E-state index contributed by atoms with van der Waals surface area (Å²) in [7, 11) is 0. The lowest BCUT2D eigenvalue weighted by atomic mass is 10.0. The van der Waals surface area contributed by atoms with Gasteiger partial charge in [-0.1, -0.05) is 98.2 Å². The number of hydrogen-bond donors (Lipinski definition) is 3. The third-order valence-electron chi connectivity index (χ3n) is 7.24. The van der Waals surface area contributed by atoms with Crippen molar-refractivity contribution in [3.63, 3.8) is 0 Å². The van der Waals surface area contributed by atoms with Gasteiger partial charge in [0.1, 0.15) is 10.9 Å². The van der Waals surface area contributed by atoms with Crippen LogP contribution in [-0.4, -0.2) is 17.7 Å². The molecule has 8 heteroatoms. The van der Waals surface area contributed by atoms with E-state index in [9.17, 15) is 14.4 Å². The van der Waals surface area contributed by atoms with Gasteiger partial charge in [-0.25, -0.2) is 0 Å². The fourth-order valence-corrected chi connectivity index (χ4v) is 5.94. The molecule has 1 atom stereocenters. The molecule has 3 amide bonds. The average Bonchev–Trinajstić information content (AvgIpc) is 3.08. The summed E-state index contributed by atoms with van der Waals surface area (Å²) in [5, 5.41) is 8.66. The fraction of sp³-hybridized carbons (Fsp3) is 0.103. The highest BCUT2D eigenvalue weighted by molar-refractivity contribution is 8.00. The van der Waals surface area contributed by atoms with E-state index in [1.165, 1.54) is 17.3 Å². The lowest BCUT2D eigenvalue weighted by Gasteiger charge is -2.18. The highest BCUT2D eigenvalue weighted by atomic mass is 35.5. The summed E-state index contributed by atoms with van der Waals surface area (Å²) in [6.45, 7) is 4.26. The molecular formula is C39H34ClN3O3S. The van der Waals surface area contributed by atoms with E-state index in [2.05, 4.69) is 29.8 Å². The molecule has 0 aromatic heterocycles. The molecule has 0 heterocycles. The number of carbonyl (C=O) groups excluding carboxylic acids is 3. The number of anilines is 2. The smallest absolute Gasteiger partial charge is 0.272 e. The summed E-state index contributed by atoms with van der Waals surface area (Å²) in [5.74, 6) is -0.652. The summed E-state index contributed by atoms with van der Waals surface area (Å²) in [6, 6.07) is 40.4. The lowest BCUT2D eigenvalue weighted by Crippen LogP contribution is -2.30. The second-order valence-electron chi connectivity index (χ2n) is 11.1. The second-order valence-corrected chi connectivity index (χ2v) is 12.7. The molecule has 0 spiro atoms. The van der Waals surface area contributed by atoms with E-state index in [-0.39, 0.29) is 11.6 Å². The van der Waals surface area contributed by atoms with Crippen molar-refractivity contribution < 1.29 is 14.4 Å². The van der Waals surface area contributed by atoms with E-state index in [1.54, 1.807) is 66.7 Å². The predicted molar refractivity (Wildman–Crippen MR) is 193 cm³/mol. The first-order chi connectivity index (χ1) is 22.7. The molecule has 5 rings (SSSR count). The van der Waals surface area contributed by atoms with E-state index < -0.39 is 17.1 Å². The van der Waals surface area contributed by atoms with Crippen LogP contribution in [0.5, 0.6) is 0 Å². The van der Waals surface area contributed by atoms with Crippen molar-refractivity contribution in [2.75, 3.05) is 10.6 Å². The standard InChI is InChI=1S/C39H34ClN3O3S/c1-26(2)28-16-18-32(19-17-28)42-39(46)36(29-11-5-3-6-12-29)47-34-22-20-33(21-23-34)41-38(45)35(25-27-10-9-15-31(40)24-27)43-37(44)30-13-7-4-8-14-30/h3-26,36H,1-2H3,(H,41,45)(H,42,46)(H,43,44)/b35-25-. The van der Waals surface area contributed by atoms with Crippen LogP contribution >= 0.6 is 23.4 Å². The monoisotopic (exact) mass is 659 g/mol. The first kappa shape index (κ1) is 33.3. The predicted octanol–water partition coefficient (Wildman–Crippen LogP) is 9.35. The molecule has 0 aliphatic rings. The average molecular weight is 660 g/mol. The zero-order valence-electron chi connectivity index (χ0n) is 25.9. The Bertz CT molecular complexity index is 1860. The Balaban J connectivity index is 1.31. The topological polar surface area (TPSA) is 87.3 Å². The number of rotatable bonds is 11. The molecule has 3 N–H and O–H groups in total. The van der Waals surface area contributed by atoms with Crippen LogP contribution in [0.2, 0.25) is 5.02 Å². The Hall–Kier alpha value is -5.11. The van der Waals surface area contributed by atoms with E-state index in [4.69, 9.17) is 11.6 Å². The second kappa shape index (κ2) is 15.9. The third kappa shape index (κ3) is 9.45. The van der Waals surface area contributed by atoms with Gasteiger partial charge < -0.3 is 16.0 Å². The summed E-state index contributed by atoms with van der Waals surface area (Å²) >= 11 is 7.58. The maximum atomic E-state index is 13.5. The van der Waals surface area contributed by atoms with Gasteiger partial charge in [0.15, 0.2) is 0 Å². The van der Waals surface area contributed by atoms with Crippen molar-refractivity contribution in [3.05, 3.63) is 166 Å². The minimum absolute atomic E-state index is 0.0572. The van der Waals surface area contributed by atoms with Crippen LogP contribution in [0.4, 0.5) is 11.4 Å². The quantitative estimate of drug-likeness (QED) is 0.0974. The minimum atomic E-state index is -0.512. The molecule has 0 aliphatic heterocycles. The molecule has 5 aromatic rings. The maximum Gasteiger partial charge on any atom is 0.272 e. The number of carbonyl (C=O) groups is 3. The highest BCUT2D eigenvalue weighted by Gasteiger charge is 2.23. The molecule has 0 aliphatic carbocycles. The molecule has 236 valence electrons. The van der Waals surface area contributed by atoms with Gasteiger partial charge in [0.05, 0.1) is 0 Å². The van der Waals surface area contributed by atoms with E-state index >= 15 is 0 Å². The summed E-state index contributed by atoms with van der Waals surface area (Å²) in [4.78, 5) is 40.8. The van der Waals surface area contributed by atoms with Crippen molar-refractivity contribution in [3.8, 4) is 0 Å². The summed E-state index contributed by atoms with van der Waals surface area (Å²) in [6.07, 6.45) is 1.58. The zero-order valence-corrected chi connectivity index (χ0v) is 27.5. The molecular weight excluding hydrogens is 626 g/mol. The van der Waals surface area contributed by atoms with Crippen molar-refractivity contribution in [2.45, 2.75) is 29.9 Å². The van der Waals surface area contributed by atoms with Crippen LogP contribution in [0.3, 0.4) is 0 Å². The minimum Gasteiger partial charge on any atom is -0.325 e. The molecule has 0 fully saturated rings. The lowest BCUT2D eigenvalue weighted by molar-refractivity contribution is -0.116. The number of benzene rings is 5. The van der Waals surface area contributed by atoms with Gasteiger partial charge in [-0.15, -0.1) is 11.8 Å². The molecule has 47 heavy (non-hydrogen) atoms. The Morgan fingerprint density at radius 3 is 1.94 bits per heavy atom. The number of hydrogen-bond acceptors (Lipinski definition) is 4. The fourth-order valence-electron chi connectivity index (χ4n) is 4.72. The largest absolute Gasteiger partial charge is 0.325 e. The van der Waals surface area contributed by atoms with Crippen molar-refractivity contribution in [2.24, 2.45) is 0 Å². The number of halogens is 1. The van der Waals surface area contributed by atoms with Gasteiger partial charge in [0.2, 0.25) is 5.91 Å². The van der Waals surface area contributed by atoms with Gasteiger partial charge in [0, 0.05) is 26.9 Å².